The highest BCUT2D eigenvalue weighted by Crippen LogP contribution is 2.18. The first kappa shape index (κ1) is 53.3. The van der Waals surface area contributed by atoms with Gasteiger partial charge in [0, 0.05) is 0 Å². The normalized spacial score (nSPS) is 14.0. The lowest BCUT2D eigenvalue weighted by Gasteiger charge is -2.27. The molecule has 1 amide bonds. The van der Waals surface area contributed by atoms with Gasteiger partial charge in [0.2, 0.25) is 5.91 Å². The molecule has 4 unspecified atom stereocenters. The number of carbonyl (C=O) groups is 1. The molecule has 0 rings (SSSR count). The fourth-order valence-electron chi connectivity index (χ4n) is 7.94. The Hall–Kier alpha value is -0.690. The van der Waals surface area contributed by atoms with Gasteiger partial charge in [-0.05, 0) is 12.8 Å². The van der Waals surface area contributed by atoms with E-state index >= 15 is 0 Å². The maximum Gasteiger partial charge on any atom is 0.249 e. The number of unbranched alkanes of at least 4 members (excludes halogenated alkanes) is 36. The summed E-state index contributed by atoms with van der Waals surface area (Å²) in [6.07, 6.45) is 47.2. The van der Waals surface area contributed by atoms with Crippen molar-refractivity contribution in [2.24, 2.45) is 0 Å². The Labute approximate surface area is 337 Å². The van der Waals surface area contributed by atoms with Crippen LogP contribution < -0.4 is 5.32 Å². The minimum absolute atomic E-state index is 0.375. The van der Waals surface area contributed by atoms with Crippen molar-refractivity contribution in [1.29, 1.82) is 0 Å². The van der Waals surface area contributed by atoms with E-state index in [9.17, 15) is 25.2 Å². The van der Waals surface area contributed by atoms with E-state index in [0.717, 1.165) is 38.5 Å². The van der Waals surface area contributed by atoms with Crippen molar-refractivity contribution in [3.8, 4) is 0 Å². The molecule has 0 bridgehead atoms. The number of aliphatic hydroxyl groups is 4. The number of nitrogens with one attached hydrogen (secondary N) is 1. The number of amides is 1. The lowest BCUT2D eigenvalue weighted by molar-refractivity contribution is -0.132. The van der Waals surface area contributed by atoms with E-state index < -0.39 is 36.9 Å². The molecular formula is C48H97NO5. The summed E-state index contributed by atoms with van der Waals surface area (Å²) < 4.78 is 0. The fourth-order valence-corrected chi connectivity index (χ4v) is 7.94. The van der Waals surface area contributed by atoms with E-state index in [1.54, 1.807) is 0 Å². The minimum atomic E-state index is -1.25. The van der Waals surface area contributed by atoms with Crippen LogP contribution in [0.15, 0.2) is 0 Å². The molecule has 324 valence electrons. The summed E-state index contributed by atoms with van der Waals surface area (Å²) in [6.45, 7) is 4.07. The molecule has 4 atom stereocenters. The standard InChI is InChI=1S/C48H97NO5/c1-3-5-7-9-11-13-15-17-19-20-21-22-23-24-25-26-27-28-30-31-33-35-37-39-41-45(51)47(53)44(43-50)49-48(54)46(52)42-40-38-36-34-32-29-18-16-14-12-10-8-6-4-2/h44-47,50-53H,3-43H2,1-2H3,(H,49,54). The Morgan fingerprint density at radius 1 is 0.389 bits per heavy atom. The van der Waals surface area contributed by atoms with Gasteiger partial charge in [-0.15, -0.1) is 0 Å². The molecule has 0 aliphatic carbocycles. The summed E-state index contributed by atoms with van der Waals surface area (Å²) in [5.41, 5.74) is 0. The van der Waals surface area contributed by atoms with Crippen molar-refractivity contribution in [1.82, 2.24) is 5.32 Å². The molecular weight excluding hydrogens is 671 g/mol. The SMILES string of the molecule is CCCCCCCCCCCCCCCCCCCCCCCCCCC(O)C(O)C(CO)NC(=O)C(O)CCCCCCCCCCCCCCCC. The molecule has 0 saturated carbocycles. The van der Waals surface area contributed by atoms with Crippen molar-refractivity contribution in [3.05, 3.63) is 0 Å². The second-order valence-electron chi connectivity index (χ2n) is 17.2. The molecule has 0 aliphatic rings. The molecule has 0 aliphatic heterocycles. The third-order valence-electron chi connectivity index (χ3n) is 11.8. The molecule has 6 nitrogen and oxygen atoms in total. The number of aliphatic hydroxyl groups excluding tert-OH is 4. The summed E-state index contributed by atoms with van der Waals surface area (Å²) in [4.78, 5) is 12.5. The summed E-state index contributed by atoms with van der Waals surface area (Å²) in [6, 6.07) is -0.979. The topological polar surface area (TPSA) is 110 Å². The molecule has 6 heteroatoms. The van der Waals surface area contributed by atoms with Gasteiger partial charge in [-0.2, -0.15) is 0 Å². The number of hydrogen-bond donors (Lipinski definition) is 5. The van der Waals surface area contributed by atoms with Crippen LogP contribution in [0.4, 0.5) is 0 Å². The molecule has 0 aromatic rings. The second kappa shape index (κ2) is 43.4. The highest BCUT2D eigenvalue weighted by atomic mass is 16.3. The number of hydrogen-bond acceptors (Lipinski definition) is 5. The van der Waals surface area contributed by atoms with Crippen molar-refractivity contribution in [2.75, 3.05) is 6.61 Å². The highest BCUT2D eigenvalue weighted by Gasteiger charge is 2.28. The van der Waals surface area contributed by atoms with Crippen LogP contribution >= 0.6 is 0 Å². The predicted molar refractivity (Wildman–Crippen MR) is 233 cm³/mol. The van der Waals surface area contributed by atoms with Crippen LogP contribution in [0.1, 0.15) is 271 Å². The van der Waals surface area contributed by atoms with E-state index in [1.165, 1.54) is 205 Å². The Morgan fingerprint density at radius 2 is 0.630 bits per heavy atom. The Kier molecular flexibility index (Phi) is 42.9. The van der Waals surface area contributed by atoms with Crippen LogP contribution in [0.3, 0.4) is 0 Å². The molecule has 0 aromatic carbocycles. The Bertz CT molecular complexity index is 736. The van der Waals surface area contributed by atoms with Gasteiger partial charge in [-0.3, -0.25) is 4.79 Å². The quantitative estimate of drug-likeness (QED) is 0.0396. The van der Waals surface area contributed by atoms with Crippen LogP contribution in [0.25, 0.3) is 0 Å². The molecule has 5 N–H and O–H groups in total. The summed E-state index contributed by atoms with van der Waals surface area (Å²) >= 11 is 0. The number of carbonyl (C=O) groups excluding carboxylic acids is 1. The summed E-state index contributed by atoms with van der Waals surface area (Å²) in [5, 5.41) is 43.8. The largest absolute Gasteiger partial charge is 0.394 e. The zero-order chi connectivity index (χ0) is 39.6. The Balaban J connectivity index is 3.62. The average Bonchev–Trinajstić information content (AvgIpc) is 3.18. The fraction of sp³-hybridized carbons (Fsp3) is 0.979. The summed E-state index contributed by atoms with van der Waals surface area (Å²) in [7, 11) is 0. The molecule has 0 fully saturated rings. The lowest BCUT2D eigenvalue weighted by atomic mass is 9.99. The third-order valence-corrected chi connectivity index (χ3v) is 11.8. The molecule has 0 saturated heterocycles. The number of rotatable bonds is 45. The molecule has 0 spiro atoms. The van der Waals surface area contributed by atoms with E-state index in [2.05, 4.69) is 19.2 Å². The second-order valence-corrected chi connectivity index (χ2v) is 17.2. The molecule has 0 heterocycles. The predicted octanol–water partition coefficient (Wildman–Crippen LogP) is 13.2. The van der Waals surface area contributed by atoms with Crippen molar-refractivity contribution in [2.45, 2.75) is 295 Å². The van der Waals surface area contributed by atoms with Crippen LogP contribution in [0.2, 0.25) is 0 Å². The first-order valence-corrected chi connectivity index (χ1v) is 24.4. The van der Waals surface area contributed by atoms with Gasteiger partial charge < -0.3 is 25.7 Å². The van der Waals surface area contributed by atoms with Crippen molar-refractivity contribution < 1.29 is 25.2 Å². The molecule has 0 aromatic heterocycles. The molecule has 0 radical (unpaired) electrons. The van der Waals surface area contributed by atoms with Gasteiger partial charge in [0.05, 0.1) is 18.8 Å². The maximum absolute atomic E-state index is 12.5. The van der Waals surface area contributed by atoms with Gasteiger partial charge in [0.15, 0.2) is 0 Å². The van der Waals surface area contributed by atoms with E-state index in [1.807, 2.05) is 0 Å². The van der Waals surface area contributed by atoms with Crippen LogP contribution in [0, 0.1) is 0 Å². The van der Waals surface area contributed by atoms with E-state index in [-0.39, 0.29) is 0 Å². The van der Waals surface area contributed by atoms with Crippen molar-refractivity contribution in [3.63, 3.8) is 0 Å². The van der Waals surface area contributed by atoms with Gasteiger partial charge in [0.25, 0.3) is 0 Å². The van der Waals surface area contributed by atoms with Crippen LogP contribution in [-0.4, -0.2) is 57.3 Å². The van der Waals surface area contributed by atoms with Crippen LogP contribution in [0.5, 0.6) is 0 Å². The smallest absolute Gasteiger partial charge is 0.249 e. The molecule has 54 heavy (non-hydrogen) atoms. The first-order chi connectivity index (χ1) is 26.5. The van der Waals surface area contributed by atoms with Gasteiger partial charge in [-0.25, -0.2) is 0 Å². The highest BCUT2D eigenvalue weighted by molar-refractivity contribution is 5.80. The third kappa shape index (κ3) is 36.9. The lowest BCUT2D eigenvalue weighted by Crippen LogP contribution is -2.53. The van der Waals surface area contributed by atoms with Gasteiger partial charge >= 0.3 is 0 Å². The monoisotopic (exact) mass is 768 g/mol. The van der Waals surface area contributed by atoms with Gasteiger partial charge in [0.1, 0.15) is 12.2 Å². The summed E-state index contributed by atoms with van der Waals surface area (Å²) in [5.74, 6) is -0.579. The zero-order valence-electron chi connectivity index (χ0n) is 36.5. The Morgan fingerprint density at radius 3 is 0.889 bits per heavy atom. The van der Waals surface area contributed by atoms with Crippen LogP contribution in [-0.2, 0) is 4.79 Å². The minimum Gasteiger partial charge on any atom is -0.394 e. The average molecular weight is 768 g/mol. The zero-order valence-corrected chi connectivity index (χ0v) is 36.5. The van der Waals surface area contributed by atoms with E-state index in [0.29, 0.717) is 12.8 Å². The van der Waals surface area contributed by atoms with Crippen molar-refractivity contribution >= 4 is 5.91 Å². The van der Waals surface area contributed by atoms with Gasteiger partial charge in [-0.1, -0.05) is 258 Å². The maximum atomic E-state index is 12.5. The first-order valence-electron chi connectivity index (χ1n) is 24.4. The van der Waals surface area contributed by atoms with E-state index in [4.69, 9.17) is 0 Å².